The molecule has 2 aromatic rings. The quantitative estimate of drug-likeness (QED) is 0.477. The molecular weight excluding hydrogens is 501 g/mol. The van der Waals surface area contributed by atoms with Gasteiger partial charge in [-0.3, -0.25) is 0 Å². The maximum atomic E-state index is 13.1. The van der Waals surface area contributed by atoms with Crippen LogP contribution in [0.5, 0.6) is 11.5 Å². The zero-order valence-corrected chi connectivity index (χ0v) is 21.0. The van der Waals surface area contributed by atoms with Gasteiger partial charge in [0.25, 0.3) is 0 Å². The molecule has 1 N–H and O–H groups in total. The van der Waals surface area contributed by atoms with Gasteiger partial charge >= 0.3 is 22.3 Å². The van der Waals surface area contributed by atoms with Crippen LogP contribution >= 0.6 is 0 Å². The third-order valence-corrected chi connectivity index (χ3v) is 6.63. The molecule has 2 amide bonds. The Morgan fingerprint density at radius 3 is 2.56 bits per heavy atom. The Morgan fingerprint density at radius 2 is 1.94 bits per heavy atom. The second-order valence-electron chi connectivity index (χ2n) is 8.67. The molecule has 0 unspecified atom stereocenters. The van der Waals surface area contributed by atoms with Gasteiger partial charge < -0.3 is 23.9 Å². The lowest BCUT2D eigenvalue weighted by atomic mass is 10.1. The van der Waals surface area contributed by atoms with E-state index in [2.05, 4.69) is 5.32 Å². The molecule has 12 heteroatoms. The Kier molecular flexibility index (Phi) is 8.72. The van der Waals surface area contributed by atoms with Crippen LogP contribution in [0.4, 0.5) is 18.0 Å². The predicted molar refractivity (Wildman–Crippen MR) is 125 cm³/mol. The van der Waals surface area contributed by atoms with E-state index >= 15 is 0 Å². The number of carbonyl (C=O) groups is 1. The van der Waals surface area contributed by atoms with Crippen molar-refractivity contribution in [3.05, 3.63) is 53.6 Å². The summed E-state index contributed by atoms with van der Waals surface area (Å²) >= 11 is 0. The lowest BCUT2D eigenvalue weighted by Crippen LogP contribution is -2.45. The summed E-state index contributed by atoms with van der Waals surface area (Å²) in [5, 5.41) is 2.84. The zero-order chi connectivity index (χ0) is 26.5. The zero-order valence-electron chi connectivity index (χ0n) is 20.2. The molecule has 0 aromatic heterocycles. The number of nitrogens with zero attached hydrogens (tertiary/aromatic N) is 1. The molecule has 0 saturated carbocycles. The van der Waals surface area contributed by atoms with Gasteiger partial charge in [0.15, 0.2) is 11.5 Å². The van der Waals surface area contributed by atoms with Crippen LogP contribution in [0.3, 0.4) is 0 Å². The lowest BCUT2D eigenvalue weighted by Gasteiger charge is -2.27. The first-order valence-electron chi connectivity index (χ1n) is 11.3. The molecule has 1 heterocycles. The minimum atomic E-state index is -4.72. The van der Waals surface area contributed by atoms with Crippen LogP contribution in [0, 0.1) is 0 Å². The van der Waals surface area contributed by atoms with E-state index in [0.29, 0.717) is 24.8 Å². The summed E-state index contributed by atoms with van der Waals surface area (Å²) < 4.78 is 80.8. The van der Waals surface area contributed by atoms with Gasteiger partial charge in [-0.15, -0.1) is 0 Å². The summed E-state index contributed by atoms with van der Waals surface area (Å²) in [5.74, 6) is -0.152. The summed E-state index contributed by atoms with van der Waals surface area (Å²) in [5.41, 5.74) is -0.587. The molecule has 1 aliphatic rings. The van der Waals surface area contributed by atoms with E-state index in [1.165, 1.54) is 19.2 Å². The van der Waals surface area contributed by atoms with Crippen LogP contribution in [0.25, 0.3) is 0 Å². The smallest absolute Gasteiger partial charge is 0.416 e. The molecule has 1 fully saturated rings. The molecule has 0 radical (unpaired) electrons. The number of urea groups is 1. The average molecular weight is 531 g/mol. The fourth-order valence-corrected chi connectivity index (χ4v) is 4.67. The molecule has 8 nitrogen and oxygen atoms in total. The number of ether oxygens (including phenoxy) is 2. The predicted octanol–water partition coefficient (Wildman–Crippen LogP) is 4.58. The fourth-order valence-electron chi connectivity index (χ4n) is 3.69. The number of alkyl halides is 3. The Labute approximate surface area is 208 Å². The molecular formula is C24H29F3N2O6S. The number of methoxy groups -OCH3 is 1. The molecule has 0 spiro atoms. The van der Waals surface area contributed by atoms with Crippen molar-refractivity contribution in [2.75, 3.05) is 20.3 Å². The van der Waals surface area contributed by atoms with Gasteiger partial charge in [-0.1, -0.05) is 12.1 Å². The molecule has 2 aromatic carbocycles. The number of rotatable bonds is 9. The Hall–Kier alpha value is -2.99. The van der Waals surface area contributed by atoms with E-state index in [1.54, 1.807) is 11.0 Å². The second-order valence-corrected chi connectivity index (χ2v) is 10.2. The van der Waals surface area contributed by atoms with Crippen molar-refractivity contribution in [2.45, 2.75) is 56.5 Å². The van der Waals surface area contributed by atoms with Gasteiger partial charge in [-0.2, -0.15) is 21.6 Å². The van der Waals surface area contributed by atoms with Crippen molar-refractivity contribution in [2.24, 2.45) is 0 Å². The number of carbonyl (C=O) groups excluding carboxylic acids is 1. The van der Waals surface area contributed by atoms with Crippen LogP contribution in [-0.2, 0) is 27.6 Å². The molecule has 1 aliphatic heterocycles. The van der Waals surface area contributed by atoms with Crippen LogP contribution in [0.1, 0.15) is 37.8 Å². The minimum absolute atomic E-state index is 0.0617. The van der Waals surface area contributed by atoms with Gasteiger partial charge in [-0.25, -0.2) is 4.79 Å². The van der Waals surface area contributed by atoms with E-state index in [0.717, 1.165) is 31.0 Å². The highest BCUT2D eigenvalue weighted by molar-refractivity contribution is 7.87. The summed E-state index contributed by atoms with van der Waals surface area (Å²) in [4.78, 5) is 13.7. The monoisotopic (exact) mass is 530 g/mol. The fraction of sp³-hybridized carbons (Fsp3) is 0.458. The Bertz CT molecular complexity index is 1160. The number of hydrogen-bond acceptors (Lipinski definition) is 6. The first-order valence-corrected chi connectivity index (χ1v) is 12.8. The van der Waals surface area contributed by atoms with Crippen LogP contribution in [0.2, 0.25) is 0 Å². The number of hydrogen-bond donors (Lipinski definition) is 1. The van der Waals surface area contributed by atoms with Crippen molar-refractivity contribution < 1.29 is 40.0 Å². The summed E-state index contributed by atoms with van der Waals surface area (Å²) in [7, 11) is -3.31. The lowest BCUT2D eigenvalue weighted by molar-refractivity contribution is -0.137. The molecule has 1 saturated heterocycles. The van der Waals surface area contributed by atoms with Crippen LogP contribution < -0.4 is 14.2 Å². The van der Waals surface area contributed by atoms with E-state index in [9.17, 15) is 26.4 Å². The Morgan fingerprint density at radius 1 is 1.19 bits per heavy atom. The highest BCUT2D eigenvalue weighted by Crippen LogP contribution is 2.34. The number of halogens is 3. The molecule has 0 aliphatic carbocycles. The molecule has 36 heavy (non-hydrogen) atoms. The molecule has 198 valence electrons. The minimum Gasteiger partial charge on any atom is -0.493 e. The summed E-state index contributed by atoms with van der Waals surface area (Å²) in [6.07, 6.45) is -3.11. The number of benzene rings is 2. The summed E-state index contributed by atoms with van der Waals surface area (Å²) in [6, 6.07) is 7.37. The maximum absolute atomic E-state index is 13.1. The maximum Gasteiger partial charge on any atom is 0.416 e. The first kappa shape index (κ1) is 27.6. The van der Waals surface area contributed by atoms with Gasteiger partial charge in [-0.05, 0) is 62.6 Å². The van der Waals surface area contributed by atoms with Crippen molar-refractivity contribution in [1.29, 1.82) is 0 Å². The highest BCUT2D eigenvalue weighted by Gasteiger charge is 2.32. The van der Waals surface area contributed by atoms with Crippen molar-refractivity contribution in [3.63, 3.8) is 0 Å². The topological polar surface area (TPSA) is 94.2 Å². The highest BCUT2D eigenvalue weighted by atomic mass is 32.2. The third-order valence-electron chi connectivity index (χ3n) is 5.40. The van der Waals surface area contributed by atoms with E-state index in [1.807, 2.05) is 13.8 Å². The van der Waals surface area contributed by atoms with E-state index in [-0.39, 0.29) is 36.2 Å². The Balaban J connectivity index is 1.87. The largest absolute Gasteiger partial charge is 0.493 e. The van der Waals surface area contributed by atoms with Gasteiger partial charge in [0.2, 0.25) is 0 Å². The van der Waals surface area contributed by atoms with Gasteiger partial charge in [0.05, 0.1) is 18.8 Å². The molecule has 1 atom stereocenters. The summed E-state index contributed by atoms with van der Waals surface area (Å²) in [6.45, 7) is 4.74. The number of amides is 2. The first-order chi connectivity index (χ1) is 16.9. The van der Waals surface area contributed by atoms with Crippen molar-refractivity contribution in [1.82, 2.24) is 10.2 Å². The van der Waals surface area contributed by atoms with Crippen LogP contribution in [0.15, 0.2) is 47.4 Å². The normalized spacial score (nSPS) is 16.1. The van der Waals surface area contributed by atoms with Gasteiger partial charge in [0.1, 0.15) is 4.90 Å². The molecule has 0 bridgehead atoms. The van der Waals surface area contributed by atoms with Crippen molar-refractivity contribution >= 4 is 16.1 Å². The third kappa shape index (κ3) is 7.26. The SMILES string of the molecule is COc1ccc(CN(C[C@@H]2CCCO2)C(=O)NC(C)C)cc1OS(=O)(=O)c1cccc(C(F)(F)F)c1. The van der Waals surface area contributed by atoms with E-state index < -0.39 is 26.8 Å². The second kappa shape index (κ2) is 11.4. The van der Waals surface area contributed by atoms with Crippen LogP contribution in [-0.4, -0.2) is 51.8 Å². The average Bonchev–Trinajstić information content (AvgIpc) is 3.31. The molecule has 3 rings (SSSR count). The van der Waals surface area contributed by atoms with E-state index in [4.69, 9.17) is 13.7 Å². The standard InChI is InChI=1S/C24H29F3N2O6S/c1-16(2)28-23(30)29(15-19-7-5-11-34-19)14-17-9-10-21(33-3)22(12-17)35-36(31,32)20-8-4-6-18(13-20)24(25,26)27/h4,6,8-10,12-13,16,19H,5,7,11,14-15H2,1-3H3,(H,28,30)/t19-/m0/s1. The number of nitrogens with one attached hydrogen (secondary N) is 1. The van der Waals surface area contributed by atoms with Crippen molar-refractivity contribution in [3.8, 4) is 11.5 Å². The van der Waals surface area contributed by atoms with Gasteiger partial charge in [0, 0.05) is 25.7 Å².